The lowest BCUT2D eigenvalue weighted by Crippen LogP contribution is -2.08. The minimum absolute atomic E-state index is 0.365. The molecule has 0 aliphatic rings. The molecular formula is C16H17NO2. The Morgan fingerprint density at radius 1 is 1.26 bits per heavy atom. The molecule has 1 heterocycles. The number of nitrogens with zero attached hydrogens (tertiary/aromatic N) is 1. The van der Waals surface area contributed by atoms with E-state index in [0.717, 1.165) is 28.8 Å². The van der Waals surface area contributed by atoms with Gasteiger partial charge >= 0.3 is 5.97 Å². The first kappa shape index (κ1) is 13.3. The largest absolute Gasteiger partial charge is 0.464 e. The van der Waals surface area contributed by atoms with Crippen LogP contribution in [0.5, 0.6) is 0 Å². The van der Waals surface area contributed by atoms with Gasteiger partial charge in [-0.3, -0.25) is 0 Å². The molecule has 0 N–H and O–H groups in total. The Hall–Kier alpha value is -2.16. The molecule has 0 bridgehead atoms. The molecule has 1 aromatic carbocycles. The molecule has 19 heavy (non-hydrogen) atoms. The lowest BCUT2D eigenvalue weighted by molar-refractivity contribution is 0.0594. The van der Waals surface area contributed by atoms with Crippen molar-refractivity contribution in [3.8, 4) is 11.1 Å². The Morgan fingerprint density at radius 2 is 1.95 bits per heavy atom. The van der Waals surface area contributed by atoms with Gasteiger partial charge in [-0.05, 0) is 36.1 Å². The summed E-state index contributed by atoms with van der Waals surface area (Å²) < 4.78 is 4.77. The second-order valence-corrected chi connectivity index (χ2v) is 4.34. The number of benzene rings is 1. The molecule has 3 nitrogen and oxygen atoms in total. The third kappa shape index (κ3) is 2.65. The van der Waals surface area contributed by atoms with E-state index < -0.39 is 5.97 Å². The van der Waals surface area contributed by atoms with E-state index >= 15 is 0 Å². The van der Waals surface area contributed by atoms with Gasteiger partial charge in [0.1, 0.15) is 5.69 Å². The summed E-state index contributed by atoms with van der Waals surface area (Å²) in [6.45, 7) is 4.07. The number of pyridine rings is 1. The van der Waals surface area contributed by atoms with Gasteiger partial charge in [0.15, 0.2) is 0 Å². The van der Waals surface area contributed by atoms with Gasteiger partial charge in [-0.1, -0.05) is 37.3 Å². The zero-order chi connectivity index (χ0) is 13.8. The van der Waals surface area contributed by atoms with Crippen LogP contribution in [0.2, 0.25) is 0 Å². The highest BCUT2D eigenvalue weighted by molar-refractivity contribution is 5.89. The van der Waals surface area contributed by atoms with E-state index in [1.165, 1.54) is 7.11 Å². The smallest absolute Gasteiger partial charge is 0.356 e. The first-order valence-corrected chi connectivity index (χ1v) is 6.31. The van der Waals surface area contributed by atoms with Crippen molar-refractivity contribution in [1.82, 2.24) is 4.98 Å². The molecule has 2 rings (SSSR count). The first-order valence-electron chi connectivity index (χ1n) is 6.31. The van der Waals surface area contributed by atoms with E-state index in [-0.39, 0.29) is 0 Å². The minimum atomic E-state index is -0.396. The molecule has 98 valence electrons. The molecular weight excluding hydrogens is 238 g/mol. The van der Waals surface area contributed by atoms with Gasteiger partial charge in [-0.25, -0.2) is 9.78 Å². The summed E-state index contributed by atoms with van der Waals surface area (Å²) in [6, 6.07) is 11.8. The molecule has 0 radical (unpaired) electrons. The molecule has 1 aromatic heterocycles. The van der Waals surface area contributed by atoms with Crippen LogP contribution in [0.1, 0.15) is 28.7 Å². The Labute approximate surface area is 113 Å². The number of ether oxygens (including phenoxy) is 1. The number of methoxy groups -OCH3 is 1. The van der Waals surface area contributed by atoms with E-state index in [2.05, 4.69) is 4.98 Å². The number of rotatable bonds is 3. The summed E-state index contributed by atoms with van der Waals surface area (Å²) in [5.74, 6) is -0.396. The summed E-state index contributed by atoms with van der Waals surface area (Å²) in [4.78, 5) is 16.1. The van der Waals surface area contributed by atoms with Crippen molar-refractivity contribution in [2.24, 2.45) is 0 Å². The fraction of sp³-hybridized carbons (Fsp3) is 0.250. The number of aromatic nitrogens is 1. The van der Waals surface area contributed by atoms with E-state index in [1.54, 1.807) is 6.07 Å². The van der Waals surface area contributed by atoms with Crippen LogP contribution in [0.4, 0.5) is 0 Å². The van der Waals surface area contributed by atoms with E-state index in [4.69, 9.17) is 4.74 Å². The zero-order valence-corrected chi connectivity index (χ0v) is 11.4. The SMILES string of the molecule is CCc1nc(C(=O)OC)cc(-c2ccccc2)c1C. The van der Waals surface area contributed by atoms with Gasteiger partial charge < -0.3 is 4.74 Å². The Kier molecular flexibility index (Phi) is 3.95. The molecule has 0 atom stereocenters. The van der Waals surface area contributed by atoms with Crippen molar-refractivity contribution in [2.45, 2.75) is 20.3 Å². The van der Waals surface area contributed by atoms with Crippen LogP contribution >= 0.6 is 0 Å². The number of hydrogen-bond acceptors (Lipinski definition) is 3. The molecule has 0 amide bonds. The van der Waals surface area contributed by atoms with E-state index in [1.807, 2.05) is 44.2 Å². The fourth-order valence-corrected chi connectivity index (χ4v) is 2.13. The Morgan fingerprint density at radius 3 is 2.53 bits per heavy atom. The summed E-state index contributed by atoms with van der Waals surface area (Å²) in [5, 5.41) is 0. The molecule has 0 aliphatic carbocycles. The van der Waals surface area contributed by atoms with Crippen molar-refractivity contribution in [3.05, 3.63) is 53.3 Å². The molecule has 0 aliphatic heterocycles. The summed E-state index contributed by atoms with van der Waals surface area (Å²) in [5.41, 5.74) is 4.53. The van der Waals surface area contributed by atoms with Gasteiger partial charge in [0, 0.05) is 5.69 Å². The Bertz CT molecular complexity index is 591. The number of carbonyl (C=O) groups is 1. The third-order valence-electron chi connectivity index (χ3n) is 3.19. The molecule has 0 spiro atoms. The van der Waals surface area contributed by atoms with Crippen LogP contribution in [0, 0.1) is 6.92 Å². The zero-order valence-electron chi connectivity index (χ0n) is 11.4. The van der Waals surface area contributed by atoms with Crippen molar-refractivity contribution in [2.75, 3.05) is 7.11 Å². The van der Waals surface area contributed by atoms with Gasteiger partial charge in [-0.15, -0.1) is 0 Å². The highest BCUT2D eigenvalue weighted by atomic mass is 16.5. The quantitative estimate of drug-likeness (QED) is 0.789. The van der Waals surface area contributed by atoms with Crippen LogP contribution in [0.15, 0.2) is 36.4 Å². The second kappa shape index (κ2) is 5.65. The van der Waals surface area contributed by atoms with Crippen LogP contribution in [0.3, 0.4) is 0 Å². The van der Waals surface area contributed by atoms with Gasteiger partial charge in [0.2, 0.25) is 0 Å². The first-order chi connectivity index (χ1) is 9.17. The van der Waals surface area contributed by atoms with Crippen LogP contribution in [-0.4, -0.2) is 18.1 Å². The monoisotopic (exact) mass is 255 g/mol. The average molecular weight is 255 g/mol. The maximum atomic E-state index is 11.7. The molecule has 0 saturated carbocycles. The highest BCUT2D eigenvalue weighted by Gasteiger charge is 2.14. The second-order valence-electron chi connectivity index (χ2n) is 4.34. The van der Waals surface area contributed by atoms with Gasteiger partial charge in [-0.2, -0.15) is 0 Å². The number of esters is 1. The van der Waals surface area contributed by atoms with Crippen molar-refractivity contribution in [1.29, 1.82) is 0 Å². The van der Waals surface area contributed by atoms with Gasteiger partial charge in [0.05, 0.1) is 7.11 Å². The normalized spacial score (nSPS) is 10.3. The predicted molar refractivity (Wildman–Crippen MR) is 75.1 cm³/mol. The maximum absolute atomic E-state index is 11.7. The van der Waals surface area contributed by atoms with Crippen molar-refractivity contribution >= 4 is 5.97 Å². The minimum Gasteiger partial charge on any atom is -0.464 e. The molecule has 0 saturated heterocycles. The summed E-state index contributed by atoms with van der Waals surface area (Å²) in [6.07, 6.45) is 0.788. The van der Waals surface area contributed by atoms with Crippen molar-refractivity contribution in [3.63, 3.8) is 0 Å². The highest BCUT2D eigenvalue weighted by Crippen LogP contribution is 2.26. The molecule has 3 heteroatoms. The lowest BCUT2D eigenvalue weighted by atomic mass is 9.98. The molecule has 2 aromatic rings. The summed E-state index contributed by atoms with van der Waals surface area (Å²) in [7, 11) is 1.37. The van der Waals surface area contributed by atoms with E-state index in [9.17, 15) is 4.79 Å². The predicted octanol–water partition coefficient (Wildman–Crippen LogP) is 3.41. The van der Waals surface area contributed by atoms with Crippen LogP contribution in [0.25, 0.3) is 11.1 Å². The number of carbonyl (C=O) groups excluding carboxylic acids is 1. The fourth-order valence-electron chi connectivity index (χ4n) is 2.13. The topological polar surface area (TPSA) is 39.2 Å². The lowest BCUT2D eigenvalue weighted by Gasteiger charge is -2.12. The third-order valence-corrected chi connectivity index (χ3v) is 3.19. The molecule has 0 unspecified atom stereocenters. The maximum Gasteiger partial charge on any atom is 0.356 e. The number of hydrogen-bond donors (Lipinski definition) is 0. The van der Waals surface area contributed by atoms with Crippen LogP contribution < -0.4 is 0 Å². The summed E-state index contributed by atoms with van der Waals surface area (Å²) >= 11 is 0. The average Bonchev–Trinajstić information content (AvgIpc) is 2.47. The van der Waals surface area contributed by atoms with Crippen LogP contribution in [-0.2, 0) is 11.2 Å². The molecule has 0 fully saturated rings. The Balaban J connectivity index is 2.62. The van der Waals surface area contributed by atoms with E-state index in [0.29, 0.717) is 5.69 Å². The van der Waals surface area contributed by atoms with Gasteiger partial charge in [0.25, 0.3) is 0 Å². The van der Waals surface area contributed by atoms with Crippen molar-refractivity contribution < 1.29 is 9.53 Å². The number of aryl methyl sites for hydroxylation is 1. The standard InChI is InChI=1S/C16H17NO2/c1-4-14-11(2)13(12-8-6-5-7-9-12)10-15(17-14)16(18)19-3/h5-10H,4H2,1-3H3.